The first-order valence-corrected chi connectivity index (χ1v) is 7.92. The monoisotopic (exact) mass is 297 g/mol. The van der Waals surface area contributed by atoms with Crippen LogP contribution in [0.15, 0.2) is 29.2 Å². The molecule has 0 saturated carbocycles. The molecule has 1 aromatic carbocycles. The first kappa shape index (κ1) is 15.0. The van der Waals surface area contributed by atoms with Crippen LogP contribution in [0.1, 0.15) is 19.4 Å². The van der Waals surface area contributed by atoms with E-state index in [-0.39, 0.29) is 16.9 Å². The molecule has 2 rings (SSSR count). The highest BCUT2D eigenvalue weighted by Gasteiger charge is 2.61. The van der Waals surface area contributed by atoms with Crippen molar-refractivity contribution < 1.29 is 17.9 Å². The molecule has 0 bridgehead atoms. The summed E-state index contributed by atoms with van der Waals surface area (Å²) in [6, 6.07) is 5.59. The molecule has 1 saturated heterocycles. The van der Waals surface area contributed by atoms with Gasteiger partial charge in [-0.2, -0.15) is 4.31 Å². The van der Waals surface area contributed by atoms with E-state index in [1.54, 1.807) is 24.3 Å². The predicted octanol–water partition coefficient (Wildman–Crippen LogP) is 1.57. The SMILES string of the molecule is COC(=O)[C@@H]1[C@H](C(C)C)N1S(=O)(=O)c1ccc(C)cc1. The van der Waals surface area contributed by atoms with E-state index in [9.17, 15) is 13.2 Å². The van der Waals surface area contributed by atoms with Crippen molar-refractivity contribution >= 4 is 16.0 Å². The fraction of sp³-hybridized carbons (Fsp3) is 0.500. The highest BCUT2D eigenvalue weighted by atomic mass is 32.2. The number of carbonyl (C=O) groups is 1. The molecular formula is C14H19NO4S. The third kappa shape index (κ3) is 2.45. The van der Waals surface area contributed by atoms with E-state index < -0.39 is 22.0 Å². The molecule has 20 heavy (non-hydrogen) atoms. The Balaban J connectivity index is 2.34. The Hall–Kier alpha value is -1.40. The van der Waals surface area contributed by atoms with Crippen molar-refractivity contribution in [1.29, 1.82) is 0 Å². The summed E-state index contributed by atoms with van der Waals surface area (Å²) in [4.78, 5) is 11.9. The molecule has 0 radical (unpaired) electrons. The number of carbonyl (C=O) groups excluding carboxylic acids is 1. The van der Waals surface area contributed by atoms with Crippen molar-refractivity contribution in [1.82, 2.24) is 4.31 Å². The average Bonchev–Trinajstić information content (AvgIpc) is 3.14. The van der Waals surface area contributed by atoms with Gasteiger partial charge < -0.3 is 4.74 Å². The zero-order valence-corrected chi connectivity index (χ0v) is 12.8. The lowest BCUT2D eigenvalue weighted by molar-refractivity contribution is -0.140. The maximum Gasteiger partial charge on any atom is 0.325 e. The Morgan fingerprint density at radius 2 is 1.80 bits per heavy atom. The number of sulfonamides is 1. The van der Waals surface area contributed by atoms with Gasteiger partial charge in [-0.15, -0.1) is 0 Å². The van der Waals surface area contributed by atoms with E-state index in [1.807, 2.05) is 20.8 Å². The first-order valence-electron chi connectivity index (χ1n) is 6.48. The highest BCUT2D eigenvalue weighted by Crippen LogP contribution is 2.40. The van der Waals surface area contributed by atoms with Gasteiger partial charge in [0.25, 0.3) is 0 Å². The van der Waals surface area contributed by atoms with Crippen LogP contribution in [0.5, 0.6) is 0 Å². The second-order valence-electron chi connectivity index (χ2n) is 5.35. The number of hydrogen-bond acceptors (Lipinski definition) is 4. The molecule has 1 aromatic rings. The molecule has 3 atom stereocenters. The van der Waals surface area contributed by atoms with Crippen LogP contribution in [-0.4, -0.2) is 37.9 Å². The molecule has 0 N–H and O–H groups in total. The molecule has 6 heteroatoms. The van der Waals surface area contributed by atoms with Gasteiger partial charge in [-0.1, -0.05) is 31.5 Å². The molecule has 0 spiro atoms. The van der Waals surface area contributed by atoms with Gasteiger partial charge >= 0.3 is 5.97 Å². The van der Waals surface area contributed by atoms with Crippen LogP contribution in [-0.2, 0) is 19.6 Å². The van der Waals surface area contributed by atoms with Crippen molar-refractivity contribution in [3.63, 3.8) is 0 Å². The van der Waals surface area contributed by atoms with Crippen LogP contribution in [0.4, 0.5) is 0 Å². The van der Waals surface area contributed by atoms with Gasteiger partial charge in [-0.25, -0.2) is 8.42 Å². The van der Waals surface area contributed by atoms with E-state index in [2.05, 4.69) is 4.74 Å². The molecule has 0 amide bonds. The largest absolute Gasteiger partial charge is 0.468 e. The fourth-order valence-electron chi connectivity index (χ4n) is 2.39. The number of ether oxygens (including phenoxy) is 1. The quantitative estimate of drug-likeness (QED) is 0.625. The molecule has 1 unspecified atom stereocenters. The Morgan fingerprint density at radius 1 is 1.25 bits per heavy atom. The summed E-state index contributed by atoms with van der Waals surface area (Å²) in [5.74, 6) is -0.446. The minimum Gasteiger partial charge on any atom is -0.468 e. The van der Waals surface area contributed by atoms with Crippen LogP contribution in [0.2, 0.25) is 0 Å². The molecular weight excluding hydrogens is 278 g/mol. The normalized spacial score (nSPS) is 25.6. The van der Waals surface area contributed by atoms with Gasteiger partial charge in [0.2, 0.25) is 10.0 Å². The Bertz CT molecular complexity index is 607. The fourth-order valence-corrected chi connectivity index (χ4v) is 4.25. The van der Waals surface area contributed by atoms with E-state index in [1.165, 1.54) is 11.4 Å². The highest BCUT2D eigenvalue weighted by molar-refractivity contribution is 7.89. The predicted molar refractivity (Wildman–Crippen MR) is 74.6 cm³/mol. The Kier molecular flexibility index (Phi) is 3.88. The molecule has 0 aromatic heterocycles. The summed E-state index contributed by atoms with van der Waals surface area (Å²) < 4.78 is 31.1. The lowest BCUT2D eigenvalue weighted by Crippen LogP contribution is -2.20. The molecule has 0 aliphatic carbocycles. The lowest BCUT2D eigenvalue weighted by atomic mass is 10.1. The molecule has 5 nitrogen and oxygen atoms in total. The number of esters is 1. The minimum absolute atomic E-state index is 0.0549. The van der Waals surface area contributed by atoms with Crippen molar-refractivity contribution in [3.05, 3.63) is 29.8 Å². The average molecular weight is 297 g/mol. The van der Waals surface area contributed by atoms with Crippen molar-refractivity contribution in [2.75, 3.05) is 7.11 Å². The van der Waals surface area contributed by atoms with Crippen LogP contribution >= 0.6 is 0 Å². The first-order chi connectivity index (χ1) is 9.30. The van der Waals surface area contributed by atoms with Gasteiger partial charge in [0, 0.05) is 0 Å². The van der Waals surface area contributed by atoms with Gasteiger partial charge in [-0.05, 0) is 25.0 Å². The Labute approximate surface area is 119 Å². The van der Waals surface area contributed by atoms with Crippen molar-refractivity contribution in [2.24, 2.45) is 5.92 Å². The number of aryl methyl sites for hydroxylation is 1. The topological polar surface area (TPSA) is 63.5 Å². The summed E-state index contributed by atoms with van der Waals surface area (Å²) >= 11 is 0. The smallest absolute Gasteiger partial charge is 0.325 e. The number of rotatable bonds is 4. The zero-order valence-electron chi connectivity index (χ0n) is 12.0. The van der Waals surface area contributed by atoms with Crippen molar-refractivity contribution in [2.45, 2.75) is 37.8 Å². The Morgan fingerprint density at radius 3 is 2.25 bits per heavy atom. The molecule has 1 aliphatic heterocycles. The van der Waals surface area contributed by atoms with E-state index >= 15 is 0 Å². The number of benzene rings is 1. The standard InChI is InChI=1S/C14H19NO4S/c1-9(2)12-13(14(16)19-4)15(12)20(17,18)11-7-5-10(3)6-8-11/h5-9,12-13H,1-4H3/t12-,13-,15?/m0/s1. The molecule has 1 fully saturated rings. The van der Waals surface area contributed by atoms with Crippen LogP contribution in [0.25, 0.3) is 0 Å². The van der Waals surface area contributed by atoms with E-state index in [4.69, 9.17) is 0 Å². The minimum atomic E-state index is -3.65. The number of hydrogen-bond donors (Lipinski definition) is 0. The van der Waals surface area contributed by atoms with Crippen molar-refractivity contribution in [3.8, 4) is 0 Å². The summed E-state index contributed by atoms with van der Waals surface area (Å²) in [5, 5.41) is 0. The summed E-state index contributed by atoms with van der Waals surface area (Å²) in [5.41, 5.74) is 0.986. The zero-order chi connectivity index (χ0) is 15.1. The van der Waals surface area contributed by atoms with Crippen LogP contribution < -0.4 is 0 Å². The molecule has 110 valence electrons. The summed E-state index contributed by atoms with van der Waals surface area (Å²) in [7, 11) is -2.38. The maximum absolute atomic E-state index is 12.6. The second kappa shape index (κ2) is 5.18. The third-order valence-corrected chi connectivity index (χ3v) is 5.42. The van der Waals surface area contributed by atoms with E-state index in [0.717, 1.165) is 5.56 Å². The third-order valence-electron chi connectivity index (χ3n) is 3.52. The van der Waals surface area contributed by atoms with Crippen LogP contribution in [0.3, 0.4) is 0 Å². The van der Waals surface area contributed by atoms with Gasteiger partial charge in [0.05, 0.1) is 18.0 Å². The van der Waals surface area contributed by atoms with Gasteiger partial charge in [0.1, 0.15) is 6.04 Å². The van der Waals surface area contributed by atoms with E-state index in [0.29, 0.717) is 0 Å². The number of nitrogens with zero attached hydrogens (tertiary/aromatic N) is 1. The van der Waals surface area contributed by atoms with Gasteiger partial charge in [0.15, 0.2) is 0 Å². The summed E-state index contributed by atoms with van der Waals surface area (Å²) in [6.45, 7) is 5.68. The number of methoxy groups -OCH3 is 1. The van der Waals surface area contributed by atoms with Gasteiger partial charge in [-0.3, -0.25) is 4.79 Å². The molecule has 1 heterocycles. The van der Waals surface area contributed by atoms with Crippen LogP contribution in [0, 0.1) is 12.8 Å². The molecule has 1 aliphatic rings. The lowest BCUT2D eigenvalue weighted by Gasteiger charge is -2.08. The summed E-state index contributed by atoms with van der Waals surface area (Å²) in [6.07, 6.45) is 0. The second-order valence-corrected chi connectivity index (χ2v) is 7.19. The maximum atomic E-state index is 12.6.